The van der Waals surface area contributed by atoms with E-state index in [1.54, 1.807) is 0 Å². The Bertz CT molecular complexity index is 3100. The number of aryl methyl sites for hydroxylation is 2. The third-order valence-corrected chi connectivity index (χ3v) is 17.6. The van der Waals surface area contributed by atoms with Gasteiger partial charge in [0.05, 0.1) is 11.3 Å². The third kappa shape index (κ3) is 6.87. The van der Waals surface area contributed by atoms with Crippen LogP contribution in [0.25, 0.3) is 6.08 Å². The summed E-state index contributed by atoms with van der Waals surface area (Å²) in [5, 5.41) is 0. The number of hydrogen-bond donors (Lipinski definition) is 0. The molecule has 11 rings (SSSR count). The summed E-state index contributed by atoms with van der Waals surface area (Å²) >= 11 is 0. The molecule has 4 heteroatoms. The topological polar surface area (TPSA) is 19.6 Å². The van der Waals surface area contributed by atoms with Crippen LogP contribution in [0.4, 0.5) is 34.1 Å². The van der Waals surface area contributed by atoms with Crippen molar-refractivity contribution >= 4 is 63.5 Å². The van der Waals surface area contributed by atoms with Crippen molar-refractivity contribution in [2.75, 3.05) is 9.80 Å². The van der Waals surface area contributed by atoms with E-state index in [4.69, 9.17) is 4.42 Å². The minimum absolute atomic E-state index is 0.0400. The zero-order valence-electron chi connectivity index (χ0n) is 44.2. The molecule has 1 unspecified atom stereocenters. The van der Waals surface area contributed by atoms with Crippen LogP contribution in [0, 0.1) is 13.8 Å². The number of benzene rings is 5. The molecular weight excluding hydrogens is 824 g/mol. The number of anilines is 6. The van der Waals surface area contributed by atoms with E-state index in [1.165, 1.54) is 126 Å². The summed E-state index contributed by atoms with van der Waals surface area (Å²) in [7, 11) is 0. The largest absolute Gasteiger partial charge is 0.468 e. The van der Waals surface area contributed by atoms with Gasteiger partial charge in [-0.1, -0.05) is 152 Å². The van der Waals surface area contributed by atoms with Gasteiger partial charge in [-0.2, -0.15) is 0 Å². The predicted molar refractivity (Wildman–Crippen MR) is 292 cm³/mol. The maximum absolute atomic E-state index is 7.52. The highest BCUT2D eigenvalue weighted by molar-refractivity contribution is 6.99. The van der Waals surface area contributed by atoms with Crippen LogP contribution in [-0.4, -0.2) is 6.71 Å². The molecule has 68 heavy (non-hydrogen) atoms. The fraction of sp³-hybridized carbons (Fsp3) is 0.438. The van der Waals surface area contributed by atoms with Gasteiger partial charge in [0.15, 0.2) is 0 Å². The standard InChI is InChI=1S/C64H75BN2O/c1-38-31-53-56-54(32-38)67(52-37-49-47(33-39(52)2)62(11,12)29-30-64(49,15)16)51-25-22-43(60(6,7)8)35-50(51)65(56)58-57(66(53)44-23-24-46-48(36-44)63(13,14)28-27-61(46,9)10)45-34-41(19-26-55(45)68-58)40-17-20-42(21-18-40)59(3,4)5/h17-26,31-33,35-37,41H,27-30,34H2,1-16H3. The average molecular weight is 899 g/mol. The molecule has 6 aromatic rings. The lowest BCUT2D eigenvalue weighted by Crippen LogP contribution is -2.61. The van der Waals surface area contributed by atoms with Crippen molar-refractivity contribution in [3.05, 3.63) is 152 Å². The Labute approximate surface area is 409 Å². The summed E-state index contributed by atoms with van der Waals surface area (Å²) in [6, 6.07) is 34.4. The summed E-state index contributed by atoms with van der Waals surface area (Å²) in [5.41, 5.74) is 25.6. The van der Waals surface area contributed by atoms with Crippen molar-refractivity contribution < 1.29 is 4.42 Å². The first-order chi connectivity index (χ1) is 31.7. The first-order valence-corrected chi connectivity index (χ1v) is 25.9. The van der Waals surface area contributed by atoms with Gasteiger partial charge in [0.2, 0.25) is 0 Å². The molecule has 350 valence electrons. The van der Waals surface area contributed by atoms with Crippen molar-refractivity contribution in [3.63, 3.8) is 0 Å². The molecule has 0 bridgehead atoms. The highest BCUT2D eigenvalue weighted by Gasteiger charge is 2.49. The van der Waals surface area contributed by atoms with E-state index >= 15 is 0 Å². The van der Waals surface area contributed by atoms with Gasteiger partial charge in [-0.3, -0.25) is 0 Å². The predicted octanol–water partition coefficient (Wildman–Crippen LogP) is 15.6. The van der Waals surface area contributed by atoms with Crippen LogP contribution in [0.2, 0.25) is 0 Å². The SMILES string of the molecule is Cc1cc2c3c(c1)N(c1ccc4c(c1)C(C)(C)CCC4(C)C)c1c(oc4c1CC(c1ccc(C(C)(C)C)cc1)C=C4)B3c1cc(C(C)(C)C)ccc1N2c1cc2c(cc1C)C(C)(C)CCC2(C)C. The van der Waals surface area contributed by atoms with Crippen molar-refractivity contribution in [2.24, 2.45) is 0 Å². The molecule has 0 amide bonds. The van der Waals surface area contributed by atoms with Gasteiger partial charge in [0, 0.05) is 39.9 Å². The van der Waals surface area contributed by atoms with Crippen molar-refractivity contribution in [1.29, 1.82) is 0 Å². The van der Waals surface area contributed by atoms with Crippen molar-refractivity contribution in [2.45, 2.75) is 181 Å². The molecular formula is C64H75BN2O. The lowest BCUT2D eigenvalue weighted by atomic mass is 9.35. The van der Waals surface area contributed by atoms with E-state index in [0.29, 0.717) is 0 Å². The Hall–Kier alpha value is -5.22. The van der Waals surface area contributed by atoms with Crippen LogP contribution in [0.5, 0.6) is 0 Å². The summed E-state index contributed by atoms with van der Waals surface area (Å²) in [6.45, 7) is 38.2. The number of hydrogen-bond acceptors (Lipinski definition) is 3. The molecule has 0 spiro atoms. The number of nitrogens with zero attached hydrogens (tertiary/aromatic N) is 2. The van der Waals surface area contributed by atoms with Crippen LogP contribution in [0.3, 0.4) is 0 Å². The fourth-order valence-electron chi connectivity index (χ4n) is 13.0. The molecule has 3 nitrogen and oxygen atoms in total. The second-order valence-electron chi connectivity index (χ2n) is 26.5. The summed E-state index contributed by atoms with van der Waals surface area (Å²) in [5.74, 6) is 1.24. The number of furan rings is 1. The maximum Gasteiger partial charge on any atom is 0.297 e. The highest BCUT2D eigenvalue weighted by Crippen LogP contribution is 2.54. The second kappa shape index (κ2) is 14.7. The first-order valence-electron chi connectivity index (χ1n) is 25.9. The van der Waals surface area contributed by atoms with Crippen molar-refractivity contribution in [1.82, 2.24) is 0 Å². The van der Waals surface area contributed by atoms with E-state index in [-0.39, 0.29) is 45.1 Å². The van der Waals surface area contributed by atoms with Crippen LogP contribution in [-0.2, 0) is 38.9 Å². The van der Waals surface area contributed by atoms with Crippen LogP contribution in [0.15, 0.2) is 95.4 Å². The molecule has 0 radical (unpaired) electrons. The summed E-state index contributed by atoms with van der Waals surface area (Å²) in [6.07, 6.45) is 10.3. The van der Waals surface area contributed by atoms with E-state index in [1.807, 2.05) is 0 Å². The van der Waals surface area contributed by atoms with E-state index in [9.17, 15) is 0 Å². The number of rotatable bonds is 3. The molecule has 3 heterocycles. The monoisotopic (exact) mass is 899 g/mol. The minimum atomic E-state index is -0.0924. The van der Waals surface area contributed by atoms with Gasteiger partial charge in [-0.05, 0) is 182 Å². The molecule has 5 aliphatic rings. The number of allylic oxidation sites excluding steroid dienone is 1. The van der Waals surface area contributed by atoms with Crippen LogP contribution >= 0.6 is 0 Å². The summed E-state index contributed by atoms with van der Waals surface area (Å²) < 4.78 is 7.52. The summed E-state index contributed by atoms with van der Waals surface area (Å²) in [4.78, 5) is 5.30. The molecule has 0 saturated carbocycles. The molecule has 2 aliphatic heterocycles. The maximum atomic E-state index is 7.52. The first kappa shape index (κ1) is 45.2. The molecule has 0 N–H and O–H groups in total. The fourth-order valence-corrected chi connectivity index (χ4v) is 13.0. The number of fused-ring (bicyclic) bond motifs is 8. The Kier molecular flexibility index (Phi) is 9.75. The molecule has 0 saturated heterocycles. The van der Waals surface area contributed by atoms with Crippen LogP contribution < -0.4 is 26.4 Å². The Morgan fingerprint density at radius 2 is 1.12 bits per heavy atom. The van der Waals surface area contributed by atoms with E-state index < -0.39 is 0 Å². The second-order valence-corrected chi connectivity index (χ2v) is 26.5. The normalized spacial score (nSPS) is 20.2. The molecule has 3 aliphatic carbocycles. The van der Waals surface area contributed by atoms with Gasteiger partial charge in [-0.25, -0.2) is 0 Å². The third-order valence-electron chi connectivity index (χ3n) is 17.6. The quantitative estimate of drug-likeness (QED) is 0.165. The molecule has 1 atom stereocenters. The van der Waals surface area contributed by atoms with Crippen LogP contribution in [0.1, 0.15) is 190 Å². The van der Waals surface area contributed by atoms with Gasteiger partial charge in [0.1, 0.15) is 5.76 Å². The van der Waals surface area contributed by atoms with Gasteiger partial charge in [-0.15, -0.1) is 0 Å². The smallest absolute Gasteiger partial charge is 0.297 e. The Morgan fingerprint density at radius 3 is 1.74 bits per heavy atom. The van der Waals surface area contributed by atoms with E-state index in [0.717, 1.165) is 17.8 Å². The van der Waals surface area contributed by atoms with Gasteiger partial charge < -0.3 is 14.2 Å². The molecule has 0 fully saturated rings. The molecule has 5 aromatic carbocycles. The molecule has 1 aromatic heterocycles. The Balaban J connectivity index is 1.19. The Morgan fingerprint density at radius 1 is 0.559 bits per heavy atom. The highest BCUT2D eigenvalue weighted by atomic mass is 16.3. The minimum Gasteiger partial charge on any atom is -0.468 e. The van der Waals surface area contributed by atoms with Gasteiger partial charge >= 0.3 is 0 Å². The lowest BCUT2D eigenvalue weighted by Gasteiger charge is -2.46. The van der Waals surface area contributed by atoms with Crippen molar-refractivity contribution in [3.8, 4) is 0 Å². The van der Waals surface area contributed by atoms with Gasteiger partial charge in [0.25, 0.3) is 6.71 Å². The van der Waals surface area contributed by atoms with E-state index in [2.05, 4.69) is 218 Å². The zero-order valence-corrected chi connectivity index (χ0v) is 44.2. The lowest BCUT2D eigenvalue weighted by molar-refractivity contribution is 0.332. The zero-order chi connectivity index (χ0) is 48.4. The average Bonchev–Trinajstić information content (AvgIpc) is 3.64.